The van der Waals surface area contributed by atoms with E-state index in [1.54, 1.807) is 6.20 Å². The van der Waals surface area contributed by atoms with Gasteiger partial charge >= 0.3 is 0 Å². The van der Waals surface area contributed by atoms with E-state index in [0.717, 1.165) is 44.8 Å². The lowest BCUT2D eigenvalue weighted by molar-refractivity contribution is 0.0625. The number of rotatable bonds is 6. The van der Waals surface area contributed by atoms with Crippen molar-refractivity contribution in [2.75, 3.05) is 32.8 Å². The largest absolute Gasteiger partial charge is 0.376 e. The minimum Gasteiger partial charge on any atom is -0.376 e. The fourth-order valence-corrected chi connectivity index (χ4v) is 5.19. The first-order chi connectivity index (χ1) is 18.2. The van der Waals surface area contributed by atoms with Crippen LogP contribution in [0.2, 0.25) is 0 Å². The van der Waals surface area contributed by atoms with Gasteiger partial charge in [0.25, 0.3) is 11.5 Å². The van der Waals surface area contributed by atoms with Crippen LogP contribution in [0.4, 0.5) is 0 Å². The van der Waals surface area contributed by atoms with Gasteiger partial charge in [-0.05, 0) is 37.1 Å². The zero-order valence-corrected chi connectivity index (χ0v) is 20.7. The van der Waals surface area contributed by atoms with Crippen molar-refractivity contribution in [3.05, 3.63) is 88.7 Å². The predicted molar refractivity (Wildman–Crippen MR) is 139 cm³/mol. The highest BCUT2D eigenvalue weighted by molar-refractivity contribution is 6.00. The summed E-state index contributed by atoms with van der Waals surface area (Å²) in [5, 5.41) is 4.64. The molecule has 9 nitrogen and oxygen atoms in total. The van der Waals surface area contributed by atoms with Crippen molar-refractivity contribution in [1.29, 1.82) is 0 Å². The number of benzene rings is 1. The average molecular weight is 499 g/mol. The van der Waals surface area contributed by atoms with Gasteiger partial charge in [0, 0.05) is 64.5 Å². The highest BCUT2D eigenvalue weighted by Crippen LogP contribution is 2.25. The lowest BCUT2D eigenvalue weighted by Gasteiger charge is -2.34. The van der Waals surface area contributed by atoms with Crippen LogP contribution in [0.1, 0.15) is 28.9 Å². The molecule has 1 atom stereocenters. The molecule has 1 aromatic heterocycles. The van der Waals surface area contributed by atoms with Crippen LogP contribution in [0.25, 0.3) is 16.9 Å². The number of amides is 1. The molecule has 9 heteroatoms. The summed E-state index contributed by atoms with van der Waals surface area (Å²) in [6.07, 6.45) is 7.54. The van der Waals surface area contributed by atoms with Crippen molar-refractivity contribution in [2.45, 2.75) is 32.0 Å². The standard InChI is InChI=1S/C28H30N6O3/c35-27(33-14-12-31(13-15-33)17-21-7-4-5-11-29-21)24-19-32(18-23-10-6-16-37-23)20-25-26(24)30-34(28(25)36)22-8-2-1-3-9-22/h1-5,7-9,11,19-20,23H,6,10,12-18H2. The summed E-state index contributed by atoms with van der Waals surface area (Å²) in [6.45, 7) is 4.86. The van der Waals surface area contributed by atoms with Crippen LogP contribution in [0.15, 0.2) is 71.9 Å². The Balaban J connectivity index is 1.29. The third kappa shape index (κ3) is 4.92. The first-order valence-corrected chi connectivity index (χ1v) is 12.9. The third-order valence-corrected chi connectivity index (χ3v) is 7.16. The monoisotopic (exact) mass is 498 g/mol. The quantitative estimate of drug-likeness (QED) is 0.406. The topological polar surface area (TPSA) is 85.5 Å². The molecular formula is C28H30N6O3. The minimum absolute atomic E-state index is 0.0832. The molecule has 4 aliphatic rings. The van der Waals surface area contributed by atoms with E-state index >= 15 is 0 Å². The number of piperazine rings is 1. The Hall–Kier alpha value is -3.82. The molecule has 4 aliphatic heterocycles. The summed E-state index contributed by atoms with van der Waals surface area (Å²) >= 11 is 0. The Bertz CT molecular complexity index is 1390. The molecule has 5 heterocycles. The fraction of sp³-hybridized carbons (Fsp3) is 0.357. The Morgan fingerprint density at radius 1 is 1.00 bits per heavy atom. The molecule has 0 aliphatic carbocycles. The van der Waals surface area contributed by atoms with Crippen LogP contribution < -0.4 is 5.56 Å². The molecule has 0 spiro atoms. The summed E-state index contributed by atoms with van der Waals surface area (Å²) in [5.41, 5.74) is 2.82. The molecule has 0 saturated carbocycles. The molecule has 2 saturated heterocycles. The molecule has 2 fully saturated rings. The van der Waals surface area contributed by atoms with E-state index in [1.165, 1.54) is 4.68 Å². The summed E-state index contributed by atoms with van der Waals surface area (Å²) in [6, 6.07) is 15.3. The Morgan fingerprint density at radius 3 is 2.54 bits per heavy atom. The minimum atomic E-state index is -0.225. The maximum atomic E-state index is 13.8. The molecule has 6 rings (SSSR count). The fourth-order valence-electron chi connectivity index (χ4n) is 5.19. The molecule has 1 aromatic carbocycles. The first-order valence-electron chi connectivity index (χ1n) is 12.9. The van der Waals surface area contributed by atoms with Crippen molar-refractivity contribution in [1.82, 2.24) is 29.1 Å². The van der Waals surface area contributed by atoms with Crippen LogP contribution in [0, 0.1) is 0 Å². The van der Waals surface area contributed by atoms with E-state index in [0.29, 0.717) is 42.1 Å². The van der Waals surface area contributed by atoms with Gasteiger partial charge in [-0.2, -0.15) is 9.78 Å². The lowest BCUT2D eigenvalue weighted by atomic mass is 10.1. The Morgan fingerprint density at radius 2 is 1.81 bits per heavy atom. The zero-order valence-electron chi connectivity index (χ0n) is 20.7. The highest BCUT2D eigenvalue weighted by Gasteiger charge is 2.30. The van der Waals surface area contributed by atoms with Gasteiger partial charge in [-0.1, -0.05) is 24.3 Å². The van der Waals surface area contributed by atoms with E-state index < -0.39 is 0 Å². The van der Waals surface area contributed by atoms with E-state index in [-0.39, 0.29) is 17.6 Å². The third-order valence-electron chi connectivity index (χ3n) is 7.16. The summed E-state index contributed by atoms with van der Waals surface area (Å²) < 4.78 is 9.15. The van der Waals surface area contributed by atoms with Gasteiger partial charge in [-0.25, -0.2) is 0 Å². The van der Waals surface area contributed by atoms with E-state index in [1.807, 2.05) is 70.4 Å². The number of nitrogens with zero attached hydrogens (tertiary/aromatic N) is 6. The van der Waals surface area contributed by atoms with E-state index in [2.05, 4.69) is 15.0 Å². The predicted octanol–water partition coefficient (Wildman–Crippen LogP) is 2.67. The smallest absolute Gasteiger partial charge is 0.282 e. The van der Waals surface area contributed by atoms with Gasteiger partial charge in [0.2, 0.25) is 0 Å². The molecule has 0 bridgehead atoms. The van der Waals surface area contributed by atoms with Gasteiger partial charge in [-0.15, -0.1) is 0 Å². The second-order valence-electron chi connectivity index (χ2n) is 9.71. The van der Waals surface area contributed by atoms with Crippen molar-refractivity contribution >= 4 is 5.91 Å². The molecule has 1 unspecified atom stereocenters. The maximum Gasteiger partial charge on any atom is 0.282 e. The maximum absolute atomic E-state index is 13.8. The lowest BCUT2D eigenvalue weighted by Crippen LogP contribution is -2.48. The SMILES string of the molecule is O=C(c1cn(CC2CCCO2)cc2c(=O)n(-c3ccccc3)nc1-2)N1CCN(Cc2ccccn2)CC1. The number of carbonyl (C=O) groups is 1. The molecular weight excluding hydrogens is 468 g/mol. The van der Waals surface area contributed by atoms with Crippen molar-refractivity contribution in [2.24, 2.45) is 0 Å². The number of para-hydroxylation sites is 1. The average Bonchev–Trinajstić information content (AvgIpc) is 3.57. The molecule has 0 radical (unpaired) electrons. The number of hydrogen-bond donors (Lipinski definition) is 0. The summed E-state index contributed by atoms with van der Waals surface area (Å²) in [7, 11) is 0. The number of aromatic nitrogens is 4. The second-order valence-corrected chi connectivity index (χ2v) is 9.71. The van der Waals surface area contributed by atoms with Gasteiger partial charge < -0.3 is 14.2 Å². The molecule has 190 valence electrons. The summed E-state index contributed by atoms with van der Waals surface area (Å²) in [5.74, 6) is -0.0955. The van der Waals surface area contributed by atoms with Crippen LogP contribution in [-0.4, -0.2) is 73.9 Å². The van der Waals surface area contributed by atoms with Crippen LogP contribution >= 0.6 is 0 Å². The first kappa shape index (κ1) is 23.6. The van der Waals surface area contributed by atoms with Crippen molar-refractivity contribution in [3.8, 4) is 16.9 Å². The summed E-state index contributed by atoms with van der Waals surface area (Å²) in [4.78, 5) is 35.8. The molecule has 37 heavy (non-hydrogen) atoms. The zero-order chi connectivity index (χ0) is 25.2. The van der Waals surface area contributed by atoms with Crippen LogP contribution in [-0.2, 0) is 17.8 Å². The molecule has 2 aromatic rings. The van der Waals surface area contributed by atoms with Crippen LogP contribution in [0.3, 0.4) is 0 Å². The van der Waals surface area contributed by atoms with E-state index in [4.69, 9.17) is 4.74 Å². The van der Waals surface area contributed by atoms with Crippen molar-refractivity contribution < 1.29 is 9.53 Å². The van der Waals surface area contributed by atoms with Gasteiger partial charge in [-0.3, -0.25) is 19.5 Å². The molecule has 1 amide bonds. The second kappa shape index (κ2) is 10.3. The number of ether oxygens (including phenoxy) is 1. The van der Waals surface area contributed by atoms with Crippen molar-refractivity contribution in [3.63, 3.8) is 0 Å². The van der Waals surface area contributed by atoms with Crippen LogP contribution in [0.5, 0.6) is 0 Å². The van der Waals surface area contributed by atoms with E-state index in [9.17, 15) is 9.59 Å². The normalized spacial score (nSPS) is 18.5. The number of carbonyl (C=O) groups excluding carboxylic acids is 1. The highest BCUT2D eigenvalue weighted by atomic mass is 16.5. The van der Waals surface area contributed by atoms with Gasteiger partial charge in [0.15, 0.2) is 0 Å². The number of fused-ring (bicyclic) bond motifs is 1. The number of pyridine rings is 2. The number of hydrogen-bond acceptors (Lipinski definition) is 6. The van der Waals surface area contributed by atoms with Gasteiger partial charge in [0.1, 0.15) is 5.69 Å². The molecule has 0 N–H and O–H groups in total. The Kier molecular flexibility index (Phi) is 6.55. The van der Waals surface area contributed by atoms with Gasteiger partial charge in [0.05, 0.1) is 28.6 Å². The Labute approximate surface area is 215 Å².